The van der Waals surface area contributed by atoms with Crippen LogP contribution in [-0.2, 0) is 11.3 Å². The van der Waals surface area contributed by atoms with Gasteiger partial charge in [-0.1, -0.05) is 38.5 Å². The number of carbonyl (C=O) groups is 1. The van der Waals surface area contributed by atoms with Crippen molar-refractivity contribution in [1.82, 2.24) is 4.90 Å². The lowest BCUT2D eigenvalue weighted by Gasteiger charge is -2.23. The third-order valence-corrected chi connectivity index (χ3v) is 4.28. The molecule has 4 heteroatoms. The zero-order valence-corrected chi connectivity index (χ0v) is 14.1. The van der Waals surface area contributed by atoms with Crippen molar-refractivity contribution in [1.29, 1.82) is 0 Å². The molecule has 0 saturated carbocycles. The topological polar surface area (TPSA) is 46.3 Å². The minimum Gasteiger partial charge on any atom is -0.341 e. The highest BCUT2D eigenvalue weighted by Gasteiger charge is 2.20. The van der Waals surface area contributed by atoms with Crippen LogP contribution in [0, 0.1) is 17.8 Å². The van der Waals surface area contributed by atoms with E-state index < -0.39 is 0 Å². The summed E-state index contributed by atoms with van der Waals surface area (Å²) >= 11 is 1.60. The number of thiophene rings is 1. The number of hydrogen-bond acceptors (Lipinski definition) is 3. The third kappa shape index (κ3) is 5.91. The van der Waals surface area contributed by atoms with Crippen LogP contribution in [0.5, 0.6) is 0 Å². The van der Waals surface area contributed by atoms with Gasteiger partial charge in [0.15, 0.2) is 0 Å². The first-order valence-corrected chi connectivity index (χ1v) is 8.51. The van der Waals surface area contributed by atoms with Gasteiger partial charge in [-0.15, -0.1) is 11.3 Å². The zero-order chi connectivity index (χ0) is 15.7. The Morgan fingerprint density at radius 1 is 1.38 bits per heavy atom. The lowest BCUT2D eigenvalue weighted by Crippen LogP contribution is -2.32. The Balaban J connectivity index is 2.64. The Labute approximate surface area is 132 Å². The van der Waals surface area contributed by atoms with Gasteiger partial charge in [0.05, 0.1) is 11.4 Å². The van der Waals surface area contributed by atoms with Gasteiger partial charge >= 0.3 is 0 Å². The standard InChI is InChI=1S/C17H26N2OS/c1-4-7-15(8-5-2)17(20)19(3)12-14-11-16(21-13-14)9-6-10-18/h11,13,15H,4-5,7-8,10,12,18H2,1-3H3. The number of carbonyl (C=O) groups excluding carboxylic acids is 1. The van der Waals surface area contributed by atoms with Crippen LogP contribution in [0.2, 0.25) is 0 Å². The fraction of sp³-hybridized carbons (Fsp3) is 0.588. The average Bonchev–Trinajstić information content (AvgIpc) is 2.91. The maximum absolute atomic E-state index is 12.5. The first-order valence-electron chi connectivity index (χ1n) is 7.63. The molecule has 2 N–H and O–H groups in total. The summed E-state index contributed by atoms with van der Waals surface area (Å²) in [6.45, 7) is 5.30. The van der Waals surface area contributed by atoms with Gasteiger partial charge < -0.3 is 10.6 Å². The number of nitrogens with zero attached hydrogens (tertiary/aromatic N) is 1. The van der Waals surface area contributed by atoms with Gasteiger partial charge in [-0.3, -0.25) is 4.79 Å². The van der Waals surface area contributed by atoms with Crippen LogP contribution < -0.4 is 5.73 Å². The van der Waals surface area contributed by atoms with E-state index in [1.54, 1.807) is 11.3 Å². The smallest absolute Gasteiger partial charge is 0.225 e. The summed E-state index contributed by atoms with van der Waals surface area (Å²) in [7, 11) is 1.89. The molecule has 0 spiro atoms. The number of amides is 1. The van der Waals surface area contributed by atoms with Crippen LogP contribution in [-0.4, -0.2) is 24.4 Å². The van der Waals surface area contributed by atoms with E-state index in [-0.39, 0.29) is 11.8 Å². The predicted octanol–water partition coefficient (Wildman–Crippen LogP) is 3.23. The van der Waals surface area contributed by atoms with Gasteiger partial charge in [-0.25, -0.2) is 0 Å². The third-order valence-electron chi connectivity index (χ3n) is 3.39. The van der Waals surface area contributed by atoms with E-state index in [1.807, 2.05) is 18.0 Å². The van der Waals surface area contributed by atoms with Crippen LogP contribution in [0.25, 0.3) is 0 Å². The molecule has 1 rings (SSSR count). The zero-order valence-electron chi connectivity index (χ0n) is 13.3. The van der Waals surface area contributed by atoms with E-state index in [1.165, 1.54) is 0 Å². The molecule has 1 amide bonds. The second-order valence-electron chi connectivity index (χ2n) is 5.29. The Morgan fingerprint density at radius 3 is 2.62 bits per heavy atom. The maximum atomic E-state index is 12.5. The van der Waals surface area contributed by atoms with Gasteiger partial charge in [-0.2, -0.15) is 0 Å². The van der Waals surface area contributed by atoms with E-state index in [4.69, 9.17) is 5.73 Å². The van der Waals surface area contributed by atoms with Crippen LogP contribution in [0.3, 0.4) is 0 Å². The molecule has 0 aliphatic carbocycles. The highest BCUT2D eigenvalue weighted by molar-refractivity contribution is 7.10. The quantitative estimate of drug-likeness (QED) is 0.786. The molecular weight excluding hydrogens is 280 g/mol. The van der Waals surface area contributed by atoms with E-state index >= 15 is 0 Å². The Bertz CT molecular complexity index is 492. The lowest BCUT2D eigenvalue weighted by atomic mass is 9.97. The maximum Gasteiger partial charge on any atom is 0.225 e. The van der Waals surface area contributed by atoms with E-state index in [0.717, 1.165) is 36.1 Å². The van der Waals surface area contributed by atoms with Crippen LogP contribution in [0.15, 0.2) is 11.4 Å². The molecule has 0 saturated heterocycles. The molecule has 1 heterocycles. The molecule has 0 fully saturated rings. The van der Waals surface area contributed by atoms with Gasteiger partial charge in [-0.05, 0) is 29.9 Å². The van der Waals surface area contributed by atoms with Crippen LogP contribution in [0.1, 0.15) is 50.0 Å². The van der Waals surface area contributed by atoms with Gasteiger partial charge in [0.1, 0.15) is 0 Å². The van der Waals surface area contributed by atoms with Crippen molar-refractivity contribution in [2.75, 3.05) is 13.6 Å². The molecule has 0 aliphatic rings. The molecule has 0 radical (unpaired) electrons. The highest BCUT2D eigenvalue weighted by atomic mass is 32.1. The minimum absolute atomic E-state index is 0.167. The Morgan fingerprint density at radius 2 is 2.05 bits per heavy atom. The minimum atomic E-state index is 0.167. The van der Waals surface area contributed by atoms with Crippen molar-refractivity contribution in [3.8, 4) is 11.8 Å². The van der Waals surface area contributed by atoms with E-state index in [0.29, 0.717) is 13.1 Å². The first-order chi connectivity index (χ1) is 10.1. The molecule has 1 aromatic heterocycles. The van der Waals surface area contributed by atoms with Crippen molar-refractivity contribution in [2.45, 2.75) is 46.1 Å². The molecule has 1 aromatic rings. The Hall–Kier alpha value is -1.31. The van der Waals surface area contributed by atoms with Gasteiger partial charge in [0, 0.05) is 19.5 Å². The predicted molar refractivity (Wildman–Crippen MR) is 90.0 cm³/mol. The van der Waals surface area contributed by atoms with E-state index in [2.05, 4.69) is 31.1 Å². The van der Waals surface area contributed by atoms with Gasteiger partial charge in [0.25, 0.3) is 0 Å². The second kappa shape index (κ2) is 9.59. The molecule has 0 aliphatic heterocycles. The summed E-state index contributed by atoms with van der Waals surface area (Å²) in [5.41, 5.74) is 6.51. The molecule has 3 nitrogen and oxygen atoms in total. The van der Waals surface area contributed by atoms with E-state index in [9.17, 15) is 4.79 Å². The first kappa shape index (κ1) is 17.7. The molecule has 116 valence electrons. The lowest BCUT2D eigenvalue weighted by molar-refractivity contribution is -0.135. The Kier molecular flexibility index (Phi) is 8.11. The monoisotopic (exact) mass is 306 g/mol. The fourth-order valence-corrected chi connectivity index (χ4v) is 3.19. The number of hydrogen-bond donors (Lipinski definition) is 1. The summed E-state index contributed by atoms with van der Waals surface area (Å²) in [4.78, 5) is 15.3. The molecule has 0 unspecified atom stereocenters. The van der Waals surface area contributed by atoms with Crippen molar-refractivity contribution in [3.05, 3.63) is 21.9 Å². The number of rotatable bonds is 7. The van der Waals surface area contributed by atoms with Gasteiger partial charge in [0.2, 0.25) is 5.91 Å². The molecular formula is C17H26N2OS. The van der Waals surface area contributed by atoms with Crippen molar-refractivity contribution >= 4 is 17.2 Å². The largest absolute Gasteiger partial charge is 0.341 e. The highest BCUT2D eigenvalue weighted by Crippen LogP contribution is 2.19. The van der Waals surface area contributed by atoms with Crippen molar-refractivity contribution in [2.24, 2.45) is 11.7 Å². The van der Waals surface area contributed by atoms with Crippen LogP contribution in [0.4, 0.5) is 0 Å². The fourth-order valence-electron chi connectivity index (χ4n) is 2.41. The SMILES string of the molecule is CCCC(CCC)C(=O)N(C)Cc1csc(C#CCN)c1. The molecule has 0 atom stereocenters. The second-order valence-corrected chi connectivity index (χ2v) is 6.20. The molecule has 0 bridgehead atoms. The summed E-state index contributed by atoms with van der Waals surface area (Å²) < 4.78 is 0. The number of nitrogens with two attached hydrogens (primary N) is 1. The van der Waals surface area contributed by atoms with Crippen molar-refractivity contribution < 1.29 is 4.79 Å². The molecule has 21 heavy (non-hydrogen) atoms. The average molecular weight is 306 g/mol. The summed E-state index contributed by atoms with van der Waals surface area (Å²) in [5.74, 6) is 6.31. The normalized spacial score (nSPS) is 10.3. The van der Waals surface area contributed by atoms with Crippen molar-refractivity contribution in [3.63, 3.8) is 0 Å². The summed E-state index contributed by atoms with van der Waals surface area (Å²) in [5, 5.41) is 2.07. The summed E-state index contributed by atoms with van der Waals surface area (Å²) in [6.07, 6.45) is 4.07. The molecule has 0 aromatic carbocycles. The summed E-state index contributed by atoms with van der Waals surface area (Å²) in [6, 6.07) is 2.05. The van der Waals surface area contributed by atoms with Crippen LogP contribution >= 0.6 is 11.3 Å².